The second kappa shape index (κ2) is 15.7. The molecule has 0 aliphatic carbocycles. The van der Waals surface area contributed by atoms with Crippen LogP contribution in [0.2, 0.25) is 0 Å². The number of ether oxygens (including phenoxy) is 1. The highest BCUT2D eigenvalue weighted by molar-refractivity contribution is 9.10. The van der Waals surface area contributed by atoms with E-state index in [1.165, 1.54) is 11.4 Å². The number of nitrogens with one attached hydrogen (secondary N) is 1. The molecular formula is C32H40BrN3O5S. The van der Waals surface area contributed by atoms with Crippen molar-refractivity contribution < 1.29 is 22.7 Å². The van der Waals surface area contributed by atoms with Crippen molar-refractivity contribution in [2.75, 3.05) is 30.8 Å². The Hall–Kier alpha value is -3.37. The van der Waals surface area contributed by atoms with Gasteiger partial charge < -0.3 is 15.0 Å². The van der Waals surface area contributed by atoms with Crippen LogP contribution < -0.4 is 14.4 Å². The zero-order valence-corrected chi connectivity index (χ0v) is 27.0. The molecule has 0 saturated carbocycles. The number of para-hydroxylation sites is 2. The maximum atomic E-state index is 13.9. The van der Waals surface area contributed by atoms with Gasteiger partial charge in [0.15, 0.2) is 0 Å². The van der Waals surface area contributed by atoms with Crippen LogP contribution in [0.1, 0.15) is 37.8 Å². The summed E-state index contributed by atoms with van der Waals surface area (Å²) in [5.41, 5.74) is 2.24. The molecule has 1 N–H and O–H groups in total. The molecule has 226 valence electrons. The van der Waals surface area contributed by atoms with Gasteiger partial charge in [-0.2, -0.15) is 0 Å². The fraction of sp³-hybridized carbons (Fsp3) is 0.375. The third-order valence-corrected chi connectivity index (χ3v) is 8.44. The lowest BCUT2D eigenvalue weighted by molar-refractivity contribution is -0.141. The number of hydrogen-bond donors (Lipinski definition) is 1. The molecule has 3 rings (SSSR count). The first-order valence-corrected chi connectivity index (χ1v) is 16.6. The quantitative estimate of drug-likeness (QED) is 0.236. The topological polar surface area (TPSA) is 96.0 Å². The van der Waals surface area contributed by atoms with Gasteiger partial charge in [0.05, 0.1) is 19.1 Å². The third-order valence-electron chi connectivity index (χ3n) is 6.73. The predicted octanol–water partition coefficient (Wildman–Crippen LogP) is 5.42. The number of carbonyl (C=O) groups excluding carboxylic acids is 2. The van der Waals surface area contributed by atoms with Crippen LogP contribution in [0.15, 0.2) is 83.3 Å². The molecule has 42 heavy (non-hydrogen) atoms. The summed E-state index contributed by atoms with van der Waals surface area (Å²) >= 11 is 3.46. The van der Waals surface area contributed by atoms with Crippen molar-refractivity contribution in [3.05, 3.63) is 94.5 Å². The Morgan fingerprint density at radius 2 is 1.57 bits per heavy atom. The van der Waals surface area contributed by atoms with Crippen LogP contribution in [0.5, 0.6) is 5.75 Å². The number of amides is 2. The van der Waals surface area contributed by atoms with Gasteiger partial charge in [-0.05, 0) is 47.7 Å². The molecule has 0 radical (unpaired) electrons. The SMILES string of the molecule is COc1ccccc1N(CCCC(=O)N(Cc1ccc(Br)cc1)[C@H](Cc1ccccc1)C(=O)NCC(C)C)S(C)(=O)=O. The molecule has 0 fully saturated rings. The molecule has 0 heterocycles. The van der Waals surface area contributed by atoms with E-state index in [1.54, 1.807) is 29.2 Å². The Morgan fingerprint density at radius 3 is 2.19 bits per heavy atom. The third kappa shape index (κ3) is 9.87. The van der Waals surface area contributed by atoms with Crippen LogP contribution in [0.3, 0.4) is 0 Å². The Morgan fingerprint density at radius 1 is 0.929 bits per heavy atom. The standard InChI is InChI=1S/C32H40BrN3O5S/c1-24(2)22-34-32(38)29(21-25-11-6-5-7-12-25)35(23-26-16-18-27(33)19-17-26)31(37)15-10-20-36(42(4,39)40)28-13-8-9-14-30(28)41-3/h5-9,11-14,16-19,24,29H,10,15,20-23H2,1-4H3,(H,34,38)/t29-/m1/s1. The predicted molar refractivity (Wildman–Crippen MR) is 171 cm³/mol. The number of carbonyl (C=O) groups is 2. The van der Waals surface area contributed by atoms with E-state index in [1.807, 2.05) is 68.4 Å². The molecule has 8 nitrogen and oxygen atoms in total. The van der Waals surface area contributed by atoms with E-state index in [0.29, 0.717) is 24.4 Å². The van der Waals surface area contributed by atoms with E-state index >= 15 is 0 Å². The van der Waals surface area contributed by atoms with Crippen LogP contribution in [0.25, 0.3) is 0 Å². The summed E-state index contributed by atoms with van der Waals surface area (Å²) in [6.07, 6.45) is 1.80. The maximum Gasteiger partial charge on any atom is 0.243 e. The van der Waals surface area contributed by atoms with Crippen LogP contribution in [0.4, 0.5) is 5.69 Å². The molecule has 1 atom stereocenters. The van der Waals surface area contributed by atoms with Crippen molar-refractivity contribution in [2.24, 2.45) is 5.92 Å². The summed E-state index contributed by atoms with van der Waals surface area (Å²) in [7, 11) is -2.16. The van der Waals surface area contributed by atoms with Crippen molar-refractivity contribution in [3.8, 4) is 5.75 Å². The van der Waals surface area contributed by atoms with Gasteiger partial charge in [-0.3, -0.25) is 13.9 Å². The van der Waals surface area contributed by atoms with Crippen molar-refractivity contribution in [3.63, 3.8) is 0 Å². The lowest BCUT2D eigenvalue weighted by Crippen LogP contribution is -2.51. The minimum Gasteiger partial charge on any atom is -0.495 e. The first-order chi connectivity index (χ1) is 20.0. The number of anilines is 1. The molecule has 0 bridgehead atoms. The monoisotopic (exact) mass is 657 g/mol. The Balaban J connectivity index is 1.89. The van der Waals surface area contributed by atoms with Crippen molar-refractivity contribution >= 4 is 43.5 Å². The molecule has 0 aromatic heterocycles. The Labute approximate surface area is 258 Å². The highest BCUT2D eigenvalue weighted by Crippen LogP contribution is 2.30. The maximum absolute atomic E-state index is 13.9. The molecule has 0 saturated heterocycles. The zero-order chi connectivity index (χ0) is 30.7. The lowest BCUT2D eigenvalue weighted by Gasteiger charge is -2.32. The minimum atomic E-state index is -3.65. The van der Waals surface area contributed by atoms with Crippen molar-refractivity contribution in [2.45, 2.75) is 45.7 Å². The van der Waals surface area contributed by atoms with Crippen LogP contribution >= 0.6 is 15.9 Å². The normalized spacial score (nSPS) is 12.0. The molecule has 10 heteroatoms. The van der Waals surface area contributed by atoms with E-state index in [2.05, 4.69) is 21.2 Å². The second-order valence-electron chi connectivity index (χ2n) is 10.6. The average Bonchev–Trinajstić information content (AvgIpc) is 2.96. The van der Waals surface area contributed by atoms with Gasteiger partial charge in [0.1, 0.15) is 11.8 Å². The van der Waals surface area contributed by atoms with Gasteiger partial charge in [-0.1, -0.05) is 84.4 Å². The largest absolute Gasteiger partial charge is 0.495 e. The first kappa shape index (κ1) is 33.1. The van der Waals surface area contributed by atoms with Gasteiger partial charge in [-0.25, -0.2) is 8.42 Å². The molecular weight excluding hydrogens is 618 g/mol. The van der Waals surface area contributed by atoms with Gasteiger partial charge in [0.25, 0.3) is 0 Å². The number of halogens is 1. The number of rotatable bonds is 15. The smallest absolute Gasteiger partial charge is 0.243 e. The van der Waals surface area contributed by atoms with Crippen LogP contribution in [-0.2, 0) is 32.6 Å². The van der Waals surface area contributed by atoms with Crippen molar-refractivity contribution in [1.82, 2.24) is 10.2 Å². The summed E-state index contributed by atoms with van der Waals surface area (Å²) in [5, 5.41) is 3.02. The van der Waals surface area contributed by atoms with E-state index in [0.717, 1.165) is 21.9 Å². The van der Waals surface area contributed by atoms with Gasteiger partial charge in [0, 0.05) is 36.9 Å². The zero-order valence-electron chi connectivity index (χ0n) is 24.6. The summed E-state index contributed by atoms with van der Waals surface area (Å²) in [6, 6.07) is 23.4. The molecule has 2 amide bonds. The Kier molecular flexibility index (Phi) is 12.4. The first-order valence-electron chi connectivity index (χ1n) is 14.0. The van der Waals surface area contributed by atoms with Gasteiger partial charge >= 0.3 is 0 Å². The molecule has 0 aliphatic rings. The minimum absolute atomic E-state index is 0.0560. The summed E-state index contributed by atoms with van der Waals surface area (Å²) < 4.78 is 33.0. The van der Waals surface area contributed by atoms with Gasteiger partial charge in [-0.15, -0.1) is 0 Å². The summed E-state index contributed by atoms with van der Waals surface area (Å²) in [6.45, 7) is 4.85. The van der Waals surface area contributed by atoms with Gasteiger partial charge in [0.2, 0.25) is 21.8 Å². The second-order valence-corrected chi connectivity index (χ2v) is 13.4. The number of benzene rings is 3. The fourth-order valence-corrected chi connectivity index (χ4v) is 5.81. The highest BCUT2D eigenvalue weighted by Gasteiger charge is 2.31. The van der Waals surface area contributed by atoms with E-state index < -0.39 is 16.1 Å². The van der Waals surface area contributed by atoms with E-state index in [-0.39, 0.29) is 43.7 Å². The number of methoxy groups -OCH3 is 1. The van der Waals surface area contributed by atoms with E-state index in [9.17, 15) is 18.0 Å². The Bertz CT molecular complexity index is 1420. The number of hydrogen-bond acceptors (Lipinski definition) is 5. The number of nitrogens with zero attached hydrogens (tertiary/aromatic N) is 2. The molecule has 0 spiro atoms. The van der Waals surface area contributed by atoms with E-state index in [4.69, 9.17) is 4.74 Å². The molecule has 3 aromatic carbocycles. The van der Waals surface area contributed by atoms with Crippen LogP contribution in [0, 0.1) is 5.92 Å². The molecule has 3 aromatic rings. The number of sulfonamides is 1. The summed E-state index contributed by atoms with van der Waals surface area (Å²) in [5.74, 6) is 0.228. The lowest BCUT2D eigenvalue weighted by atomic mass is 10.0. The average molecular weight is 659 g/mol. The fourth-order valence-electron chi connectivity index (χ4n) is 4.58. The molecule has 0 unspecified atom stereocenters. The van der Waals surface area contributed by atoms with Crippen LogP contribution in [-0.4, -0.2) is 57.6 Å². The summed E-state index contributed by atoms with van der Waals surface area (Å²) in [4.78, 5) is 29.1. The van der Waals surface area contributed by atoms with Crippen molar-refractivity contribution in [1.29, 1.82) is 0 Å². The highest BCUT2D eigenvalue weighted by atomic mass is 79.9. The molecule has 0 aliphatic heterocycles.